The van der Waals surface area contributed by atoms with Crippen molar-refractivity contribution in [1.82, 2.24) is 0 Å². The van der Waals surface area contributed by atoms with E-state index in [1.54, 1.807) is 0 Å². The normalized spacial score (nSPS) is 10.4. The molecule has 0 saturated carbocycles. The topological polar surface area (TPSA) is 0 Å². The molecule has 9 aromatic rings. The summed E-state index contributed by atoms with van der Waals surface area (Å²) >= 11 is 0. The van der Waals surface area contributed by atoms with Crippen molar-refractivity contribution in [1.29, 1.82) is 0 Å². The molecule has 270 valence electrons. The minimum Gasteiger partial charge on any atom is -0.343 e. The average Bonchev–Trinajstić information content (AvgIpc) is 3.94. The van der Waals surface area contributed by atoms with Crippen LogP contribution in [0.25, 0.3) is 65.3 Å². The summed E-state index contributed by atoms with van der Waals surface area (Å²) < 4.78 is 0. The molecule has 0 unspecified atom stereocenters. The van der Waals surface area contributed by atoms with Gasteiger partial charge in [-0.05, 0) is 48.1 Å². The van der Waals surface area contributed by atoms with E-state index in [9.17, 15) is 0 Å². The predicted molar refractivity (Wildman–Crippen MR) is 244 cm³/mol. The summed E-state index contributed by atoms with van der Waals surface area (Å²) in [5.74, 6) is 0. The fraction of sp³-hybridized carbons (Fsp3) is 0.113. The van der Waals surface area contributed by atoms with Crippen LogP contribution in [0, 0.1) is 13.3 Å². The van der Waals surface area contributed by atoms with Crippen LogP contribution in [0.2, 0.25) is 0 Å². The van der Waals surface area contributed by atoms with Crippen LogP contribution in [0.4, 0.5) is 0 Å². The summed E-state index contributed by atoms with van der Waals surface area (Å²) in [6.07, 6.45) is 6.88. The zero-order valence-corrected chi connectivity index (χ0v) is 36.1. The van der Waals surface area contributed by atoms with E-state index in [0.717, 1.165) is 6.42 Å². The Morgan fingerprint density at radius 3 is 1.38 bits per heavy atom. The van der Waals surface area contributed by atoms with E-state index in [4.69, 9.17) is 0 Å². The fourth-order valence-corrected chi connectivity index (χ4v) is 7.29. The number of benzene rings is 7. The maximum absolute atomic E-state index is 3.60. The van der Waals surface area contributed by atoms with E-state index in [2.05, 4.69) is 215 Å². The maximum atomic E-state index is 3.60. The van der Waals surface area contributed by atoms with Crippen molar-refractivity contribution in [3.63, 3.8) is 0 Å². The van der Waals surface area contributed by atoms with Crippen LogP contribution in [0.5, 0.6) is 0 Å². The van der Waals surface area contributed by atoms with E-state index in [0.29, 0.717) is 0 Å². The maximum Gasteiger partial charge on any atom is 4.00 e. The first-order valence-electron chi connectivity index (χ1n) is 19.2. The summed E-state index contributed by atoms with van der Waals surface area (Å²) in [6.45, 7) is 7.83. The van der Waals surface area contributed by atoms with Crippen molar-refractivity contribution in [3.8, 4) is 22.3 Å². The number of hydrogen-bond donors (Lipinski definition) is 0. The minimum atomic E-state index is 0. The molecule has 0 N–H and O–H groups in total. The smallest absolute Gasteiger partial charge is 0.343 e. The van der Waals surface area contributed by atoms with Gasteiger partial charge in [-0.2, -0.15) is 44.0 Å². The molecular weight excluding hydrogens is 756 g/mol. The van der Waals surface area contributed by atoms with Crippen molar-refractivity contribution in [2.45, 2.75) is 39.5 Å². The van der Waals surface area contributed by atoms with Crippen LogP contribution in [-0.2, 0) is 26.2 Å². The zero-order valence-electron chi connectivity index (χ0n) is 32.2. The average molecular weight is 806 g/mol. The van der Waals surface area contributed by atoms with E-state index in [1.807, 2.05) is 9.85 Å². The van der Waals surface area contributed by atoms with Crippen LogP contribution < -0.4 is 0 Å². The first-order valence-corrected chi connectivity index (χ1v) is 19.9. The summed E-state index contributed by atoms with van der Waals surface area (Å²) in [5.41, 5.74) is 6.65. The van der Waals surface area contributed by atoms with Crippen LogP contribution in [0.1, 0.15) is 45.1 Å². The summed E-state index contributed by atoms with van der Waals surface area (Å²) in [4.78, 5) is 0. The van der Waals surface area contributed by atoms with Gasteiger partial charge < -0.3 is 13.3 Å². The Labute approximate surface area is 350 Å². The molecule has 0 aliphatic heterocycles. The Balaban J connectivity index is 0.000000153. The van der Waals surface area contributed by atoms with Gasteiger partial charge in [0.15, 0.2) is 0 Å². The van der Waals surface area contributed by atoms with Gasteiger partial charge in [-0.3, -0.25) is 0 Å². The molecule has 0 atom stereocenters. The fourth-order valence-electron chi connectivity index (χ4n) is 6.85. The van der Waals surface area contributed by atoms with Crippen LogP contribution in [0.15, 0.2) is 188 Å². The van der Waals surface area contributed by atoms with Gasteiger partial charge in [-0.15, -0.1) is 57.9 Å². The number of fused-ring (bicyclic) bond motifs is 4. The molecule has 0 nitrogen and oxygen atoms in total. The number of rotatable bonds is 7. The van der Waals surface area contributed by atoms with Crippen molar-refractivity contribution < 1.29 is 26.2 Å². The van der Waals surface area contributed by atoms with Crippen LogP contribution in [-0.4, -0.2) is 15.0 Å². The minimum absolute atomic E-state index is 0. The van der Waals surface area contributed by atoms with Crippen molar-refractivity contribution in [2.75, 3.05) is 0 Å². The van der Waals surface area contributed by atoms with Gasteiger partial charge in [0, 0.05) is 0 Å². The summed E-state index contributed by atoms with van der Waals surface area (Å²) in [5, 5.41) is 12.0. The second-order valence-electron chi connectivity index (χ2n) is 13.5. The molecule has 0 bridgehead atoms. The zero-order chi connectivity index (χ0) is 37.5. The third-order valence-corrected chi connectivity index (χ3v) is 10.5. The molecule has 0 aromatic heterocycles. The summed E-state index contributed by atoms with van der Waals surface area (Å²) in [7, 11) is 2.00. The van der Waals surface area contributed by atoms with Gasteiger partial charge in [-0.1, -0.05) is 163 Å². The van der Waals surface area contributed by atoms with Crippen molar-refractivity contribution in [2.24, 2.45) is 0 Å². The third-order valence-electron chi connectivity index (χ3n) is 9.79. The van der Waals surface area contributed by atoms with Gasteiger partial charge >= 0.3 is 26.2 Å². The molecule has 9 rings (SSSR count). The van der Waals surface area contributed by atoms with Gasteiger partial charge in [0.05, 0.1) is 0 Å². The second kappa shape index (κ2) is 21.4. The largest absolute Gasteiger partial charge is 4.00 e. The van der Waals surface area contributed by atoms with Crippen molar-refractivity contribution >= 4 is 58.1 Å². The molecule has 0 aliphatic rings. The molecule has 2 heteroatoms. The standard InChI is InChI=1S/2C19H13.C11H15Si.C4H9.Zr/c2*1-2-10-16-14(6-1)8-4-12-18(16)19-13-5-9-15-7-3-11-17(15)19;1-2-3-9-11(12)10-7-5-4-6-8-10;1-3-4-2;/h2*1-13H;2,4-8H,3,9,12H2,1H3;1,3-4H2,2H3;/q4*-1;+4. The molecule has 9 aromatic carbocycles. The van der Waals surface area contributed by atoms with Crippen LogP contribution >= 0.6 is 0 Å². The van der Waals surface area contributed by atoms with Gasteiger partial charge in [-0.25, -0.2) is 0 Å². The monoisotopic (exact) mass is 804 g/mol. The number of unbranched alkanes of at least 4 members (excludes halogenated alkanes) is 2. The predicted octanol–water partition coefficient (Wildman–Crippen LogP) is 14.2. The van der Waals surface area contributed by atoms with Crippen molar-refractivity contribution in [3.05, 3.63) is 207 Å². The molecule has 0 aliphatic carbocycles. The number of hydrogen-bond acceptors (Lipinski definition) is 0. The molecule has 0 radical (unpaired) electrons. The first kappa shape index (κ1) is 41.4. The first-order chi connectivity index (χ1) is 26.6. The van der Waals surface area contributed by atoms with E-state index < -0.39 is 0 Å². The van der Waals surface area contributed by atoms with Gasteiger partial charge in [0.25, 0.3) is 0 Å². The Bertz CT molecular complexity index is 2370. The SMILES string of the molecule is C[CH-]CCC(=[SiH2])c1ccccc1.[CH2-]CCC.[Zr+4].c1ccc2c(-c3cccc4[cH-]ccc34)cccc2c1.c1ccc2c(-c3cccc4[cH-]ccc34)cccc2c1. The Kier molecular flexibility index (Phi) is 16.1. The molecule has 0 spiro atoms. The quantitative estimate of drug-likeness (QED) is 0.111. The van der Waals surface area contributed by atoms with Gasteiger partial charge in [0.2, 0.25) is 0 Å². The molecule has 55 heavy (non-hydrogen) atoms. The Morgan fingerprint density at radius 1 is 0.527 bits per heavy atom. The Morgan fingerprint density at radius 2 is 0.927 bits per heavy atom. The second-order valence-corrected chi connectivity index (χ2v) is 14.3. The molecular formula is C53H50SiZr. The molecule has 0 saturated heterocycles. The van der Waals surface area contributed by atoms with Crippen LogP contribution in [0.3, 0.4) is 0 Å². The molecule has 0 amide bonds. The molecule has 0 fully saturated rings. The summed E-state index contributed by atoms with van der Waals surface area (Å²) in [6, 6.07) is 66.8. The molecule has 0 heterocycles. The third kappa shape index (κ3) is 10.5. The van der Waals surface area contributed by atoms with E-state index >= 15 is 0 Å². The van der Waals surface area contributed by atoms with E-state index in [1.165, 1.54) is 95.3 Å². The van der Waals surface area contributed by atoms with Gasteiger partial charge in [0.1, 0.15) is 0 Å². The van der Waals surface area contributed by atoms with E-state index in [-0.39, 0.29) is 26.2 Å². The Hall–Kier alpha value is -4.75.